The Balaban J connectivity index is 2.17. The van der Waals surface area contributed by atoms with Crippen LogP contribution in [0.5, 0.6) is 5.75 Å². The molecule has 0 fully saturated rings. The largest absolute Gasteiger partial charge is 0.496 e. The molecule has 0 radical (unpaired) electrons. The first-order chi connectivity index (χ1) is 13.4. The van der Waals surface area contributed by atoms with E-state index >= 15 is 0 Å². The van der Waals surface area contributed by atoms with E-state index in [-0.39, 0.29) is 4.75 Å². The van der Waals surface area contributed by atoms with E-state index in [1.54, 1.807) is 7.11 Å². The lowest BCUT2D eigenvalue weighted by Crippen LogP contribution is -2.22. The monoisotopic (exact) mass is 391 g/mol. The van der Waals surface area contributed by atoms with Gasteiger partial charge in [-0.3, -0.25) is 9.20 Å². The summed E-state index contributed by atoms with van der Waals surface area (Å²) in [6, 6.07) is 23.5. The lowest BCUT2D eigenvalue weighted by molar-refractivity contribution is 0.415. The molecule has 0 aliphatic carbocycles. The van der Waals surface area contributed by atoms with Gasteiger partial charge in [0.05, 0.1) is 28.5 Å². The van der Waals surface area contributed by atoms with Crippen LogP contribution < -0.4 is 4.74 Å². The van der Waals surface area contributed by atoms with Gasteiger partial charge in [-0.05, 0) is 44.5 Å². The molecule has 4 heteroatoms. The average molecular weight is 392 g/mol. The van der Waals surface area contributed by atoms with Crippen molar-refractivity contribution in [2.45, 2.75) is 30.4 Å². The number of hydrogen-bond acceptors (Lipinski definition) is 3. The first-order valence-corrected chi connectivity index (χ1v) is 10.3. The molecule has 3 aromatic carbocycles. The zero-order valence-electron chi connectivity index (χ0n) is 16.7. The van der Waals surface area contributed by atoms with Gasteiger partial charge in [0, 0.05) is 22.1 Å². The van der Waals surface area contributed by atoms with Crippen molar-refractivity contribution >= 4 is 22.7 Å². The third kappa shape index (κ3) is 4.39. The van der Waals surface area contributed by atoms with Gasteiger partial charge in [-0.25, -0.2) is 0 Å². The topological polar surface area (TPSA) is 38.7 Å². The van der Waals surface area contributed by atoms with Gasteiger partial charge in [0.2, 0.25) is 0 Å². The van der Waals surface area contributed by atoms with E-state index in [4.69, 9.17) is 9.73 Å². The molecule has 144 valence electrons. The first kappa shape index (κ1) is 20.0. The summed E-state index contributed by atoms with van der Waals surface area (Å²) in [5.41, 5.74) is 3.57. The van der Waals surface area contributed by atoms with E-state index < -0.39 is 10.8 Å². The number of ether oxygens (including phenoxy) is 1. The highest BCUT2D eigenvalue weighted by Gasteiger charge is 2.26. The highest BCUT2D eigenvalue weighted by molar-refractivity contribution is 7.86. The molecule has 0 saturated heterocycles. The predicted octanol–water partition coefficient (Wildman–Crippen LogP) is 6.02. The minimum atomic E-state index is -1.20. The molecule has 0 aliphatic heterocycles. The van der Waals surface area contributed by atoms with E-state index in [2.05, 4.69) is 0 Å². The van der Waals surface area contributed by atoms with Crippen LogP contribution in [-0.2, 0) is 10.8 Å². The van der Waals surface area contributed by atoms with E-state index in [1.165, 1.54) is 0 Å². The second-order valence-electron chi connectivity index (χ2n) is 7.40. The Labute approximate surface area is 169 Å². The molecule has 0 amide bonds. The fourth-order valence-electron chi connectivity index (χ4n) is 2.91. The maximum atomic E-state index is 13.2. The van der Waals surface area contributed by atoms with Gasteiger partial charge in [-0.15, -0.1) is 0 Å². The second kappa shape index (κ2) is 8.53. The Bertz CT molecular complexity index is 1000. The number of rotatable bonds is 5. The van der Waals surface area contributed by atoms with Crippen molar-refractivity contribution in [2.24, 2.45) is 4.99 Å². The molecule has 0 heterocycles. The van der Waals surface area contributed by atoms with Gasteiger partial charge >= 0.3 is 0 Å². The fraction of sp³-hybridized carbons (Fsp3) is 0.208. The Morgan fingerprint density at radius 3 is 2.25 bits per heavy atom. The van der Waals surface area contributed by atoms with E-state index in [9.17, 15) is 4.21 Å². The lowest BCUT2D eigenvalue weighted by atomic mass is 10.0. The summed E-state index contributed by atoms with van der Waals surface area (Å²) in [5.74, 6) is 0.692. The van der Waals surface area contributed by atoms with Crippen molar-refractivity contribution in [3.8, 4) is 16.9 Å². The molecule has 1 unspecified atom stereocenters. The summed E-state index contributed by atoms with van der Waals surface area (Å²) in [7, 11) is 0.433. The van der Waals surface area contributed by atoms with Crippen molar-refractivity contribution in [2.75, 3.05) is 7.11 Å². The highest BCUT2D eigenvalue weighted by Crippen LogP contribution is 2.41. The zero-order chi connectivity index (χ0) is 20.1. The Kier molecular flexibility index (Phi) is 6.10. The molecule has 1 atom stereocenters. The Morgan fingerprint density at radius 2 is 1.57 bits per heavy atom. The van der Waals surface area contributed by atoms with Crippen LogP contribution in [0.4, 0.5) is 5.69 Å². The van der Waals surface area contributed by atoms with Gasteiger partial charge in [0.25, 0.3) is 0 Å². The molecular weight excluding hydrogens is 366 g/mol. The van der Waals surface area contributed by atoms with E-state index in [0.717, 1.165) is 27.3 Å². The molecule has 3 rings (SSSR count). The SMILES string of the molecule is COc1cccc(S(=O)C(C)(C)C)c1-c1ccccc1N=Cc1ccccc1. The first-order valence-electron chi connectivity index (χ1n) is 9.19. The molecule has 0 N–H and O–H groups in total. The maximum absolute atomic E-state index is 13.2. The molecule has 0 spiro atoms. The number of methoxy groups -OCH3 is 1. The summed E-state index contributed by atoms with van der Waals surface area (Å²) in [6.07, 6.45) is 1.84. The van der Waals surface area contributed by atoms with Crippen LogP contribution in [0.25, 0.3) is 11.1 Å². The summed E-state index contributed by atoms with van der Waals surface area (Å²) in [5, 5.41) is 0. The number of hydrogen-bond donors (Lipinski definition) is 0. The number of nitrogens with zero attached hydrogens (tertiary/aromatic N) is 1. The van der Waals surface area contributed by atoms with Crippen LogP contribution in [0.1, 0.15) is 26.3 Å². The van der Waals surface area contributed by atoms with Gasteiger partial charge in [-0.2, -0.15) is 0 Å². The minimum absolute atomic E-state index is 0.386. The van der Waals surface area contributed by atoms with Crippen LogP contribution in [0.3, 0.4) is 0 Å². The molecule has 3 nitrogen and oxygen atoms in total. The third-order valence-electron chi connectivity index (χ3n) is 4.29. The Morgan fingerprint density at radius 1 is 0.893 bits per heavy atom. The van der Waals surface area contributed by atoms with E-state index in [0.29, 0.717) is 5.75 Å². The zero-order valence-corrected chi connectivity index (χ0v) is 17.5. The van der Waals surface area contributed by atoms with Gasteiger partial charge in [0.1, 0.15) is 5.75 Å². The van der Waals surface area contributed by atoms with Crippen molar-refractivity contribution in [1.29, 1.82) is 0 Å². The fourth-order valence-corrected chi connectivity index (χ4v) is 4.17. The van der Waals surface area contributed by atoms with Crippen LogP contribution in [0, 0.1) is 0 Å². The van der Waals surface area contributed by atoms with Crippen LogP contribution in [0.2, 0.25) is 0 Å². The van der Waals surface area contributed by atoms with Crippen molar-refractivity contribution in [3.63, 3.8) is 0 Å². The average Bonchev–Trinajstić information content (AvgIpc) is 2.71. The minimum Gasteiger partial charge on any atom is -0.496 e. The predicted molar refractivity (Wildman–Crippen MR) is 118 cm³/mol. The second-order valence-corrected chi connectivity index (χ2v) is 9.60. The van der Waals surface area contributed by atoms with Crippen LogP contribution >= 0.6 is 0 Å². The lowest BCUT2D eigenvalue weighted by Gasteiger charge is -2.22. The molecule has 0 aliphatic rings. The molecule has 0 saturated carbocycles. The summed E-state index contributed by atoms with van der Waals surface area (Å²) < 4.78 is 18.5. The van der Waals surface area contributed by atoms with Gasteiger partial charge < -0.3 is 4.74 Å². The standard InChI is InChI=1S/C24H25NO2S/c1-24(2,3)28(26)22-16-10-15-21(27-4)23(22)19-13-8-9-14-20(19)25-17-18-11-6-5-7-12-18/h5-17H,1-4H3. The third-order valence-corrected chi connectivity index (χ3v) is 6.14. The van der Waals surface area contributed by atoms with Crippen LogP contribution in [0.15, 0.2) is 82.7 Å². The summed E-state index contributed by atoms with van der Waals surface area (Å²) >= 11 is 0. The summed E-state index contributed by atoms with van der Waals surface area (Å²) in [6.45, 7) is 5.93. The maximum Gasteiger partial charge on any atom is 0.127 e. The smallest absolute Gasteiger partial charge is 0.127 e. The van der Waals surface area contributed by atoms with E-state index in [1.807, 2.05) is 99.8 Å². The molecule has 0 bridgehead atoms. The molecule has 0 aromatic heterocycles. The highest BCUT2D eigenvalue weighted by atomic mass is 32.2. The molecule has 28 heavy (non-hydrogen) atoms. The van der Waals surface area contributed by atoms with Crippen molar-refractivity contribution < 1.29 is 8.95 Å². The Hall–Kier alpha value is -2.72. The molecule has 3 aromatic rings. The molecular formula is C24H25NO2S. The number of benzene rings is 3. The van der Waals surface area contributed by atoms with Crippen LogP contribution in [-0.4, -0.2) is 22.3 Å². The van der Waals surface area contributed by atoms with Gasteiger partial charge in [0.15, 0.2) is 0 Å². The van der Waals surface area contributed by atoms with Gasteiger partial charge in [-0.1, -0.05) is 54.6 Å². The normalized spacial score (nSPS) is 12.9. The summed E-state index contributed by atoms with van der Waals surface area (Å²) in [4.78, 5) is 5.47. The van der Waals surface area contributed by atoms with Crippen molar-refractivity contribution in [3.05, 3.63) is 78.4 Å². The number of para-hydroxylation sites is 1. The quantitative estimate of drug-likeness (QED) is 0.499. The number of aliphatic imine (C=N–C) groups is 1. The van der Waals surface area contributed by atoms with Crippen molar-refractivity contribution in [1.82, 2.24) is 0 Å².